The topological polar surface area (TPSA) is 23.1 Å². The molecule has 0 bridgehead atoms. The molecule has 2 rings (SSSR count). The lowest BCUT2D eigenvalue weighted by atomic mass is 9.89. The first-order valence-electron chi connectivity index (χ1n) is 4.81. The van der Waals surface area contributed by atoms with E-state index in [0.29, 0.717) is 11.4 Å². The van der Waals surface area contributed by atoms with Crippen LogP contribution in [0.5, 0.6) is 0 Å². The monoisotopic (exact) mass is 188 g/mol. The van der Waals surface area contributed by atoms with E-state index in [2.05, 4.69) is 4.90 Å². The number of nitrogens with zero attached hydrogens (tertiary/aromatic N) is 1. The minimum atomic E-state index is -0.310. The number of halogens is 1. The van der Waals surface area contributed by atoms with Crippen molar-refractivity contribution in [2.24, 2.45) is 0 Å². The minimum Gasteiger partial charge on any atom is -0.299 e. The van der Waals surface area contributed by atoms with Crippen LogP contribution in [0.15, 0.2) is 0 Å². The molecule has 0 spiro atoms. The molecule has 1 heterocycles. The number of alkyl halides is 1. The first-order valence-corrected chi connectivity index (χ1v) is 5.25. The predicted molar refractivity (Wildman–Crippen MR) is 47.9 cm³/mol. The first kappa shape index (κ1) is 8.79. The average Bonchev–Trinajstić information content (AvgIpc) is 2.06. The largest absolute Gasteiger partial charge is 0.299 e. The number of hydrogen-bond donors (Lipinski definition) is 0. The third-order valence-corrected chi connectivity index (χ3v) is 3.61. The summed E-state index contributed by atoms with van der Waals surface area (Å²) in [6.45, 7) is 1.95. The Morgan fingerprint density at radius 2 is 1.75 bits per heavy atom. The van der Waals surface area contributed by atoms with E-state index < -0.39 is 0 Å². The maximum Gasteiger partial charge on any atom is 0.0954 e. The van der Waals surface area contributed by atoms with Crippen molar-refractivity contribution in [3.8, 4) is 0 Å². The van der Waals surface area contributed by atoms with Gasteiger partial charge in [0.25, 0.3) is 0 Å². The van der Waals surface area contributed by atoms with Crippen LogP contribution < -0.4 is 0 Å². The summed E-state index contributed by atoms with van der Waals surface area (Å²) in [4.78, 5) is 2.40. The summed E-state index contributed by atoms with van der Waals surface area (Å²) in [5.41, 5.74) is 0. The lowest BCUT2D eigenvalue weighted by Crippen LogP contribution is -2.51. The Morgan fingerprint density at radius 1 is 1.08 bits per heavy atom. The molecule has 12 heavy (non-hydrogen) atoms. The molecule has 0 N–H and O–H groups in total. The van der Waals surface area contributed by atoms with Crippen molar-refractivity contribution in [1.82, 2.24) is 4.90 Å². The second-order valence-electron chi connectivity index (χ2n) is 3.90. The van der Waals surface area contributed by atoms with Gasteiger partial charge in [0.05, 0.1) is 6.10 Å². The highest BCUT2D eigenvalue weighted by Crippen LogP contribution is 2.32. The van der Waals surface area contributed by atoms with Gasteiger partial charge in [0.15, 0.2) is 0 Å². The van der Waals surface area contributed by atoms with E-state index in [0.717, 1.165) is 32.4 Å². The van der Waals surface area contributed by atoms with Gasteiger partial charge in [-0.3, -0.25) is 4.90 Å². The minimum absolute atomic E-state index is 0.310. The molecular formula is C9H15ClNO. The van der Waals surface area contributed by atoms with E-state index >= 15 is 0 Å². The van der Waals surface area contributed by atoms with Crippen LogP contribution in [0.2, 0.25) is 0 Å². The zero-order valence-corrected chi connectivity index (χ0v) is 7.96. The summed E-state index contributed by atoms with van der Waals surface area (Å²) >= 11 is 6.06. The Kier molecular flexibility index (Phi) is 2.58. The lowest BCUT2D eigenvalue weighted by Gasteiger charge is -2.43. The molecular weight excluding hydrogens is 174 g/mol. The fraction of sp³-hybridized carbons (Fsp3) is 1.00. The van der Waals surface area contributed by atoms with Crippen molar-refractivity contribution in [3.05, 3.63) is 0 Å². The van der Waals surface area contributed by atoms with E-state index in [1.165, 1.54) is 6.42 Å². The molecule has 1 radical (unpaired) electrons. The molecule has 2 nitrogen and oxygen atoms in total. The molecule has 1 aliphatic heterocycles. The fourth-order valence-corrected chi connectivity index (χ4v) is 2.47. The Balaban J connectivity index is 1.81. The quantitative estimate of drug-likeness (QED) is 0.574. The van der Waals surface area contributed by atoms with E-state index in [-0.39, 0.29) is 6.10 Å². The average molecular weight is 189 g/mol. The normalized spacial score (nSPS) is 39.5. The van der Waals surface area contributed by atoms with E-state index in [9.17, 15) is 5.11 Å². The van der Waals surface area contributed by atoms with Crippen LogP contribution in [0, 0.1) is 0 Å². The lowest BCUT2D eigenvalue weighted by molar-refractivity contribution is 0.00350. The van der Waals surface area contributed by atoms with Gasteiger partial charge in [-0.15, -0.1) is 11.6 Å². The molecule has 2 fully saturated rings. The van der Waals surface area contributed by atoms with Gasteiger partial charge in [0.1, 0.15) is 0 Å². The van der Waals surface area contributed by atoms with Crippen LogP contribution in [0.1, 0.15) is 25.7 Å². The Morgan fingerprint density at radius 3 is 2.17 bits per heavy atom. The summed E-state index contributed by atoms with van der Waals surface area (Å²) in [5.74, 6) is 0. The highest BCUT2D eigenvalue weighted by atomic mass is 35.5. The van der Waals surface area contributed by atoms with Crippen LogP contribution in [0.3, 0.4) is 0 Å². The zero-order valence-electron chi connectivity index (χ0n) is 7.21. The van der Waals surface area contributed by atoms with Crippen molar-refractivity contribution >= 4 is 11.6 Å². The van der Waals surface area contributed by atoms with Gasteiger partial charge in [0.2, 0.25) is 0 Å². The van der Waals surface area contributed by atoms with E-state index in [4.69, 9.17) is 11.6 Å². The fourth-order valence-electron chi connectivity index (χ4n) is 2.06. The van der Waals surface area contributed by atoms with Crippen LogP contribution in [-0.4, -0.2) is 35.5 Å². The summed E-state index contributed by atoms with van der Waals surface area (Å²) in [6, 6.07) is 0.583. The highest BCUT2D eigenvalue weighted by molar-refractivity contribution is 6.21. The summed E-state index contributed by atoms with van der Waals surface area (Å²) < 4.78 is 0. The van der Waals surface area contributed by atoms with E-state index in [1.54, 1.807) is 0 Å². The Labute approximate surface area is 78.5 Å². The number of rotatable bonds is 1. The Bertz CT molecular complexity index is 157. The third kappa shape index (κ3) is 1.61. The molecule has 1 aliphatic carbocycles. The predicted octanol–water partition coefficient (Wildman–Crippen LogP) is 1.65. The van der Waals surface area contributed by atoms with Gasteiger partial charge >= 0.3 is 0 Å². The van der Waals surface area contributed by atoms with Crippen LogP contribution in [0.4, 0.5) is 0 Å². The maximum atomic E-state index is 11.0. The molecule has 1 saturated carbocycles. The molecule has 0 aromatic carbocycles. The molecule has 3 heteroatoms. The van der Waals surface area contributed by atoms with Gasteiger partial charge < -0.3 is 0 Å². The SMILES string of the molecule is [O]C1CCN(C2CCC2Cl)CC1. The van der Waals surface area contributed by atoms with Crippen molar-refractivity contribution in [2.75, 3.05) is 13.1 Å². The maximum absolute atomic E-state index is 11.0. The smallest absolute Gasteiger partial charge is 0.0954 e. The molecule has 0 aromatic rings. The summed E-state index contributed by atoms with van der Waals surface area (Å²) in [5, 5.41) is 11.4. The molecule has 1 saturated heterocycles. The van der Waals surface area contributed by atoms with Crippen LogP contribution in [0.25, 0.3) is 0 Å². The van der Waals surface area contributed by atoms with Crippen molar-refractivity contribution in [3.63, 3.8) is 0 Å². The number of piperidine rings is 1. The third-order valence-electron chi connectivity index (χ3n) is 3.10. The molecule has 2 unspecified atom stereocenters. The zero-order chi connectivity index (χ0) is 8.55. The molecule has 2 aliphatic rings. The molecule has 69 valence electrons. The van der Waals surface area contributed by atoms with Crippen molar-refractivity contribution in [2.45, 2.75) is 43.2 Å². The van der Waals surface area contributed by atoms with E-state index in [1.807, 2.05) is 0 Å². The van der Waals surface area contributed by atoms with Gasteiger partial charge in [0, 0.05) is 24.5 Å². The molecule has 0 aromatic heterocycles. The Hall–Kier alpha value is 0.210. The second kappa shape index (κ2) is 3.52. The summed E-state index contributed by atoms with van der Waals surface area (Å²) in [7, 11) is 0. The number of hydrogen-bond acceptors (Lipinski definition) is 1. The van der Waals surface area contributed by atoms with Crippen molar-refractivity contribution < 1.29 is 5.11 Å². The van der Waals surface area contributed by atoms with Gasteiger partial charge in [-0.05, 0) is 25.7 Å². The molecule has 2 atom stereocenters. The van der Waals surface area contributed by atoms with Gasteiger partial charge in [-0.25, -0.2) is 5.11 Å². The highest BCUT2D eigenvalue weighted by Gasteiger charge is 2.35. The van der Waals surface area contributed by atoms with Gasteiger partial charge in [-0.1, -0.05) is 0 Å². The van der Waals surface area contributed by atoms with Gasteiger partial charge in [-0.2, -0.15) is 0 Å². The standard InChI is InChI=1S/C9H15ClNO/c10-8-1-2-9(8)11-5-3-7(12)4-6-11/h7-9H,1-6H2. The van der Waals surface area contributed by atoms with Crippen LogP contribution in [-0.2, 0) is 5.11 Å². The summed E-state index contributed by atoms with van der Waals surface area (Å²) in [6.07, 6.45) is 3.72. The second-order valence-corrected chi connectivity index (χ2v) is 4.46. The van der Waals surface area contributed by atoms with Crippen molar-refractivity contribution in [1.29, 1.82) is 0 Å². The number of likely N-dealkylation sites (tertiary alicyclic amines) is 1. The van der Waals surface area contributed by atoms with Crippen LogP contribution >= 0.6 is 11.6 Å². The molecule has 0 amide bonds. The first-order chi connectivity index (χ1) is 5.77.